The lowest BCUT2D eigenvalue weighted by Crippen LogP contribution is -2.42. The van der Waals surface area contributed by atoms with Gasteiger partial charge in [0, 0.05) is 12.6 Å². The van der Waals surface area contributed by atoms with Gasteiger partial charge in [0.2, 0.25) is 0 Å². The molecule has 0 bridgehead atoms. The van der Waals surface area contributed by atoms with Crippen molar-refractivity contribution in [1.82, 2.24) is 4.90 Å². The zero-order valence-corrected chi connectivity index (χ0v) is 12.6. The minimum Gasteiger partial charge on any atom is -0.409 e. The number of nitrogens with zero attached hydrogens (tertiary/aromatic N) is 2. The predicted molar refractivity (Wildman–Crippen MR) is 80.5 cm³/mol. The van der Waals surface area contributed by atoms with Crippen LogP contribution in [0.3, 0.4) is 0 Å². The largest absolute Gasteiger partial charge is 0.409 e. The molecule has 0 aromatic carbocycles. The van der Waals surface area contributed by atoms with Gasteiger partial charge < -0.3 is 10.9 Å². The molecule has 3 N–H and O–H groups in total. The smallest absolute Gasteiger partial charge is 0.153 e. The second-order valence-electron chi connectivity index (χ2n) is 5.88. The van der Waals surface area contributed by atoms with Crippen LogP contribution >= 0.6 is 0 Å². The molecule has 0 spiro atoms. The summed E-state index contributed by atoms with van der Waals surface area (Å²) in [5.41, 5.74) is 5.72. The van der Waals surface area contributed by atoms with Gasteiger partial charge in [-0.15, -0.1) is 0 Å². The number of nitrogens with two attached hydrogens (primary N) is 1. The molecular weight excluding hydrogens is 238 g/mol. The van der Waals surface area contributed by atoms with Crippen molar-refractivity contribution in [2.45, 2.75) is 71.3 Å². The molecule has 4 heteroatoms. The molecule has 0 aromatic rings. The van der Waals surface area contributed by atoms with Crippen molar-refractivity contribution in [3.63, 3.8) is 0 Å². The first kappa shape index (κ1) is 16.3. The van der Waals surface area contributed by atoms with E-state index in [0.29, 0.717) is 18.4 Å². The Morgan fingerprint density at radius 2 is 2.05 bits per heavy atom. The predicted octanol–water partition coefficient (Wildman–Crippen LogP) is 3.19. The highest BCUT2D eigenvalue weighted by Crippen LogP contribution is 2.25. The molecule has 1 atom stereocenters. The van der Waals surface area contributed by atoms with Crippen LogP contribution in [0.5, 0.6) is 0 Å². The van der Waals surface area contributed by atoms with Crippen molar-refractivity contribution in [2.24, 2.45) is 16.8 Å². The molecule has 112 valence electrons. The van der Waals surface area contributed by atoms with E-state index in [1.807, 2.05) is 0 Å². The van der Waals surface area contributed by atoms with Crippen LogP contribution in [0.15, 0.2) is 5.16 Å². The Balaban J connectivity index is 2.55. The van der Waals surface area contributed by atoms with Crippen LogP contribution in [-0.2, 0) is 0 Å². The number of oxime groups is 1. The van der Waals surface area contributed by atoms with Gasteiger partial charge in [-0.2, -0.15) is 0 Å². The highest BCUT2D eigenvalue weighted by atomic mass is 16.4. The van der Waals surface area contributed by atoms with Gasteiger partial charge in [-0.25, -0.2) is 0 Å². The van der Waals surface area contributed by atoms with Crippen LogP contribution < -0.4 is 5.73 Å². The van der Waals surface area contributed by atoms with Gasteiger partial charge in [-0.3, -0.25) is 4.90 Å². The molecule has 0 heterocycles. The lowest BCUT2D eigenvalue weighted by molar-refractivity contribution is 0.181. The molecule has 1 unspecified atom stereocenters. The van der Waals surface area contributed by atoms with Crippen LogP contribution in [0.2, 0.25) is 0 Å². The average Bonchev–Trinajstić information content (AvgIpc) is 2.95. The minimum atomic E-state index is 0.345. The van der Waals surface area contributed by atoms with E-state index in [2.05, 4.69) is 23.9 Å². The minimum absolute atomic E-state index is 0.345. The van der Waals surface area contributed by atoms with Crippen molar-refractivity contribution in [2.75, 3.05) is 13.1 Å². The van der Waals surface area contributed by atoms with Gasteiger partial charge in [0.25, 0.3) is 0 Å². The molecule has 19 heavy (non-hydrogen) atoms. The summed E-state index contributed by atoms with van der Waals surface area (Å²) in [5, 5.41) is 11.9. The van der Waals surface area contributed by atoms with Gasteiger partial charge >= 0.3 is 0 Å². The van der Waals surface area contributed by atoms with Crippen molar-refractivity contribution in [3.8, 4) is 0 Å². The van der Waals surface area contributed by atoms with E-state index < -0.39 is 0 Å². The van der Waals surface area contributed by atoms with E-state index in [9.17, 15) is 0 Å². The van der Waals surface area contributed by atoms with Crippen LogP contribution in [0.4, 0.5) is 0 Å². The zero-order valence-electron chi connectivity index (χ0n) is 12.6. The lowest BCUT2D eigenvalue weighted by Gasteiger charge is -2.31. The molecule has 1 aliphatic rings. The highest BCUT2D eigenvalue weighted by Gasteiger charge is 2.25. The number of amidine groups is 1. The van der Waals surface area contributed by atoms with E-state index >= 15 is 0 Å². The third-order valence-corrected chi connectivity index (χ3v) is 4.37. The van der Waals surface area contributed by atoms with Crippen molar-refractivity contribution < 1.29 is 5.21 Å². The maximum absolute atomic E-state index is 8.80. The lowest BCUT2D eigenvalue weighted by atomic mass is 9.97. The summed E-state index contributed by atoms with van der Waals surface area (Å²) in [6.45, 7) is 6.23. The fourth-order valence-corrected chi connectivity index (χ4v) is 3.10. The van der Waals surface area contributed by atoms with E-state index in [-0.39, 0.29) is 0 Å². The molecule has 0 amide bonds. The van der Waals surface area contributed by atoms with Gasteiger partial charge in [0.1, 0.15) is 0 Å². The molecule has 1 aliphatic carbocycles. The molecule has 4 nitrogen and oxygen atoms in total. The topological polar surface area (TPSA) is 61.8 Å². The number of unbranched alkanes of at least 4 members (excludes halogenated alkanes) is 1. The summed E-state index contributed by atoms with van der Waals surface area (Å²) in [5.74, 6) is 1.09. The zero-order chi connectivity index (χ0) is 14.1. The Hall–Kier alpha value is -0.770. The summed E-state index contributed by atoms with van der Waals surface area (Å²) < 4.78 is 0. The number of hydrogen-bond acceptors (Lipinski definition) is 3. The normalized spacial score (nSPS) is 19.2. The second-order valence-corrected chi connectivity index (χ2v) is 5.88. The van der Waals surface area contributed by atoms with Crippen molar-refractivity contribution in [1.29, 1.82) is 0 Å². The monoisotopic (exact) mass is 269 g/mol. The molecule has 0 aliphatic heterocycles. The first-order valence-electron chi connectivity index (χ1n) is 7.91. The van der Waals surface area contributed by atoms with E-state index in [1.54, 1.807) is 0 Å². The van der Waals surface area contributed by atoms with Crippen molar-refractivity contribution in [3.05, 3.63) is 0 Å². The fraction of sp³-hybridized carbons (Fsp3) is 0.933. The standard InChI is InChI=1S/C15H31N3O/c1-3-5-8-13(4-2)11-18(12-15(16)17-19)14-9-6-7-10-14/h13-14,19H,3-12H2,1-2H3,(H2,16,17). The molecule has 0 radical (unpaired) electrons. The Kier molecular flexibility index (Phi) is 7.87. The van der Waals surface area contributed by atoms with E-state index in [4.69, 9.17) is 10.9 Å². The number of hydrogen-bond donors (Lipinski definition) is 2. The van der Waals surface area contributed by atoms with Crippen LogP contribution in [0.25, 0.3) is 0 Å². The summed E-state index contributed by atoms with van der Waals surface area (Å²) in [6, 6.07) is 0.635. The van der Waals surface area contributed by atoms with Gasteiger partial charge in [0.15, 0.2) is 5.84 Å². The summed E-state index contributed by atoms with van der Waals surface area (Å²) in [6.07, 6.45) is 10.3. The Labute approximate surface area is 118 Å². The molecule has 0 aromatic heterocycles. The fourth-order valence-electron chi connectivity index (χ4n) is 3.10. The second kappa shape index (κ2) is 9.18. The number of rotatable bonds is 9. The molecule has 1 fully saturated rings. The van der Waals surface area contributed by atoms with Crippen LogP contribution in [-0.4, -0.2) is 35.1 Å². The summed E-state index contributed by atoms with van der Waals surface area (Å²) in [7, 11) is 0. The maximum Gasteiger partial charge on any atom is 0.153 e. The van der Waals surface area contributed by atoms with E-state index in [0.717, 1.165) is 12.5 Å². The molecule has 0 saturated heterocycles. The van der Waals surface area contributed by atoms with Gasteiger partial charge in [-0.1, -0.05) is 51.1 Å². The Bertz CT molecular complexity index is 262. The van der Waals surface area contributed by atoms with Gasteiger partial charge in [0.05, 0.1) is 6.54 Å². The first-order valence-corrected chi connectivity index (χ1v) is 7.91. The molecule has 1 rings (SSSR count). The van der Waals surface area contributed by atoms with Gasteiger partial charge in [-0.05, 0) is 25.2 Å². The van der Waals surface area contributed by atoms with Crippen LogP contribution in [0.1, 0.15) is 65.2 Å². The van der Waals surface area contributed by atoms with E-state index in [1.165, 1.54) is 51.4 Å². The Morgan fingerprint density at radius 1 is 1.37 bits per heavy atom. The first-order chi connectivity index (χ1) is 9.21. The van der Waals surface area contributed by atoms with Crippen LogP contribution in [0, 0.1) is 5.92 Å². The highest BCUT2D eigenvalue weighted by molar-refractivity contribution is 5.81. The summed E-state index contributed by atoms with van der Waals surface area (Å²) in [4.78, 5) is 2.45. The van der Waals surface area contributed by atoms with Crippen molar-refractivity contribution >= 4 is 5.84 Å². The Morgan fingerprint density at radius 3 is 2.58 bits per heavy atom. The molecular formula is C15H31N3O. The third kappa shape index (κ3) is 5.81. The SMILES string of the molecule is CCCCC(CC)CN(CC(N)=NO)C1CCCC1. The third-order valence-electron chi connectivity index (χ3n) is 4.37. The average molecular weight is 269 g/mol. The quantitative estimate of drug-likeness (QED) is 0.292. The maximum atomic E-state index is 8.80. The summed E-state index contributed by atoms with van der Waals surface area (Å²) >= 11 is 0. The molecule has 1 saturated carbocycles.